The van der Waals surface area contributed by atoms with E-state index in [2.05, 4.69) is 33.9 Å². The molecule has 1 aromatic carbocycles. The van der Waals surface area contributed by atoms with Crippen LogP contribution < -0.4 is 0 Å². The Bertz CT molecular complexity index is 752. The van der Waals surface area contributed by atoms with Crippen molar-refractivity contribution in [1.29, 1.82) is 0 Å². The number of hydrogen-bond donors (Lipinski definition) is 0. The number of hydrogen-bond acceptors (Lipinski definition) is 4. The van der Waals surface area contributed by atoms with Gasteiger partial charge in [-0.1, -0.05) is 39.8 Å². The van der Waals surface area contributed by atoms with Crippen LogP contribution in [0.15, 0.2) is 24.3 Å². The minimum atomic E-state index is -1.90. The van der Waals surface area contributed by atoms with Crippen LogP contribution in [0.1, 0.15) is 61.3 Å². The molecule has 0 radical (unpaired) electrons. The van der Waals surface area contributed by atoms with Crippen molar-refractivity contribution in [2.75, 3.05) is 0 Å². The van der Waals surface area contributed by atoms with Crippen molar-refractivity contribution >= 4 is 26.0 Å². The summed E-state index contributed by atoms with van der Waals surface area (Å²) in [6, 6.07) is 6.59. The minimum absolute atomic E-state index is 0.0139. The topological polar surface area (TPSA) is 63.7 Å². The van der Waals surface area contributed by atoms with E-state index in [1.54, 1.807) is 24.3 Å². The van der Waals surface area contributed by atoms with Gasteiger partial charge < -0.3 is 4.43 Å². The molecule has 5 nitrogen and oxygen atoms in total. The van der Waals surface area contributed by atoms with E-state index in [9.17, 15) is 14.4 Å². The number of nitrogens with zero attached hydrogens (tertiary/aromatic N) is 1. The summed E-state index contributed by atoms with van der Waals surface area (Å²) in [4.78, 5) is 38.9. The Morgan fingerprint density at radius 1 is 1.12 bits per heavy atom. The van der Waals surface area contributed by atoms with E-state index in [0.29, 0.717) is 24.0 Å². The minimum Gasteiger partial charge on any atom is -0.414 e. The summed E-state index contributed by atoms with van der Waals surface area (Å²) in [6.45, 7) is 12.7. The van der Waals surface area contributed by atoms with Crippen LogP contribution in [-0.2, 0) is 9.22 Å². The van der Waals surface area contributed by atoms with Crippen LogP contribution in [0.4, 0.5) is 0 Å². The van der Waals surface area contributed by atoms with Crippen LogP contribution >= 0.6 is 0 Å². The highest BCUT2D eigenvalue weighted by atomic mass is 28.4. The molecule has 1 saturated carbocycles. The Kier molecular flexibility index (Phi) is 4.28. The number of rotatable bonds is 3. The maximum atomic E-state index is 13.0. The monoisotopic (exact) mass is 373 g/mol. The first-order chi connectivity index (χ1) is 11.9. The molecule has 0 bridgehead atoms. The Labute approximate surface area is 155 Å². The SMILES string of the molecule is CC1(C(=O)N2C(=O)c3ccccc3C2=O)CC(O[Si](C)(C)C(C)(C)C)C1. The molecule has 1 heterocycles. The van der Waals surface area contributed by atoms with Gasteiger partial charge in [0.1, 0.15) is 0 Å². The maximum absolute atomic E-state index is 13.0. The third-order valence-corrected chi connectivity index (χ3v) is 10.7. The van der Waals surface area contributed by atoms with Crippen LogP contribution in [0.3, 0.4) is 0 Å². The summed E-state index contributed by atoms with van der Waals surface area (Å²) in [6.07, 6.45) is 1.11. The fourth-order valence-corrected chi connectivity index (χ4v) is 4.79. The van der Waals surface area contributed by atoms with E-state index in [-0.39, 0.29) is 11.1 Å². The van der Waals surface area contributed by atoms with Gasteiger partial charge in [0.25, 0.3) is 11.8 Å². The van der Waals surface area contributed by atoms with Gasteiger partial charge in [-0.15, -0.1) is 0 Å². The molecule has 0 saturated heterocycles. The third kappa shape index (κ3) is 2.85. The van der Waals surface area contributed by atoms with Gasteiger partial charge >= 0.3 is 0 Å². The molecule has 1 aromatic rings. The van der Waals surface area contributed by atoms with Crippen molar-refractivity contribution in [3.05, 3.63) is 35.4 Å². The van der Waals surface area contributed by atoms with Gasteiger partial charge in [-0.3, -0.25) is 14.4 Å². The van der Waals surface area contributed by atoms with Crippen LogP contribution in [-0.4, -0.2) is 37.0 Å². The lowest BCUT2D eigenvalue weighted by Crippen LogP contribution is -2.56. The Hall–Kier alpha value is -1.79. The molecule has 0 spiro atoms. The molecule has 1 fully saturated rings. The molecular weight excluding hydrogens is 346 g/mol. The van der Waals surface area contributed by atoms with E-state index < -0.39 is 31.5 Å². The second kappa shape index (κ2) is 5.86. The van der Waals surface area contributed by atoms with Gasteiger partial charge in [-0.25, -0.2) is 4.90 Å². The van der Waals surface area contributed by atoms with Gasteiger partial charge in [0, 0.05) is 6.10 Å². The standard InChI is InChI=1S/C20H27NO4Si/c1-19(2,3)26(5,6)25-13-11-20(4,12-13)18(24)21-16(22)14-9-7-8-10-15(14)17(21)23/h7-10,13H,11-12H2,1-6H3. The van der Waals surface area contributed by atoms with Crippen molar-refractivity contribution in [2.24, 2.45) is 5.41 Å². The maximum Gasteiger partial charge on any atom is 0.268 e. The molecule has 3 amide bonds. The summed E-state index contributed by atoms with van der Waals surface area (Å²) in [5.41, 5.74) is -0.105. The second-order valence-electron chi connectivity index (χ2n) is 9.27. The third-order valence-electron chi connectivity index (χ3n) is 6.14. The van der Waals surface area contributed by atoms with E-state index in [1.165, 1.54) is 0 Å². The van der Waals surface area contributed by atoms with E-state index in [4.69, 9.17) is 4.43 Å². The molecule has 0 N–H and O–H groups in total. The fraction of sp³-hybridized carbons (Fsp3) is 0.550. The van der Waals surface area contributed by atoms with Crippen LogP contribution in [0.25, 0.3) is 0 Å². The number of amides is 3. The van der Waals surface area contributed by atoms with E-state index >= 15 is 0 Å². The molecule has 26 heavy (non-hydrogen) atoms. The molecule has 1 aliphatic heterocycles. The highest BCUT2D eigenvalue weighted by molar-refractivity contribution is 6.74. The van der Waals surface area contributed by atoms with Crippen LogP contribution in [0.2, 0.25) is 18.1 Å². The number of carbonyl (C=O) groups excluding carboxylic acids is 3. The highest BCUT2D eigenvalue weighted by Crippen LogP contribution is 2.48. The van der Waals surface area contributed by atoms with Crippen molar-refractivity contribution in [2.45, 2.75) is 64.8 Å². The van der Waals surface area contributed by atoms with Crippen molar-refractivity contribution < 1.29 is 18.8 Å². The number of carbonyl (C=O) groups is 3. The van der Waals surface area contributed by atoms with Crippen LogP contribution in [0.5, 0.6) is 0 Å². The van der Waals surface area contributed by atoms with Gasteiger partial charge in [0.2, 0.25) is 5.91 Å². The zero-order chi connectivity index (χ0) is 19.5. The molecular formula is C20H27NO4Si. The van der Waals surface area contributed by atoms with E-state index in [1.807, 2.05) is 6.92 Å². The summed E-state index contributed by atoms with van der Waals surface area (Å²) < 4.78 is 6.36. The normalized spacial score (nSPS) is 25.9. The summed E-state index contributed by atoms with van der Waals surface area (Å²) in [5, 5.41) is 0.103. The molecule has 0 atom stereocenters. The first-order valence-corrected chi connectivity index (χ1v) is 12.0. The van der Waals surface area contributed by atoms with E-state index in [0.717, 1.165) is 4.90 Å². The zero-order valence-corrected chi connectivity index (χ0v) is 17.4. The number of benzene rings is 1. The quantitative estimate of drug-likeness (QED) is 0.593. The first-order valence-electron chi connectivity index (χ1n) is 9.07. The van der Waals surface area contributed by atoms with Crippen LogP contribution in [0, 0.1) is 5.41 Å². The predicted molar refractivity (Wildman–Crippen MR) is 101 cm³/mol. The highest BCUT2D eigenvalue weighted by Gasteiger charge is 2.55. The molecule has 6 heteroatoms. The summed E-state index contributed by atoms with van der Waals surface area (Å²) in [5.74, 6) is -1.42. The number of imide groups is 3. The lowest BCUT2D eigenvalue weighted by atomic mass is 9.67. The lowest BCUT2D eigenvalue weighted by molar-refractivity contribution is -0.147. The second-order valence-corrected chi connectivity index (χ2v) is 14.0. The Morgan fingerprint density at radius 3 is 2.00 bits per heavy atom. The molecule has 2 aliphatic rings. The summed E-state index contributed by atoms with van der Waals surface area (Å²) >= 11 is 0. The Morgan fingerprint density at radius 2 is 1.58 bits per heavy atom. The number of fused-ring (bicyclic) bond motifs is 1. The molecule has 140 valence electrons. The van der Waals surface area contributed by atoms with Crippen molar-refractivity contribution in [3.63, 3.8) is 0 Å². The van der Waals surface area contributed by atoms with Gasteiger partial charge in [-0.2, -0.15) is 0 Å². The summed E-state index contributed by atoms with van der Waals surface area (Å²) in [7, 11) is -1.90. The van der Waals surface area contributed by atoms with Gasteiger partial charge in [0.05, 0.1) is 16.5 Å². The first kappa shape index (κ1) is 19.0. The molecule has 1 aliphatic carbocycles. The average molecular weight is 374 g/mol. The molecule has 3 rings (SSSR count). The zero-order valence-electron chi connectivity index (χ0n) is 16.4. The van der Waals surface area contributed by atoms with Crippen molar-refractivity contribution in [1.82, 2.24) is 4.90 Å². The lowest BCUT2D eigenvalue weighted by Gasteiger charge is -2.49. The fourth-order valence-electron chi connectivity index (χ4n) is 3.44. The van der Waals surface area contributed by atoms with Crippen molar-refractivity contribution in [3.8, 4) is 0 Å². The van der Waals surface area contributed by atoms with Gasteiger partial charge in [-0.05, 0) is 43.1 Å². The predicted octanol–water partition coefficient (Wildman–Crippen LogP) is 4.00. The largest absolute Gasteiger partial charge is 0.414 e. The average Bonchev–Trinajstić information content (AvgIpc) is 2.75. The Balaban J connectivity index is 1.71. The molecule has 0 aromatic heterocycles. The molecule has 0 unspecified atom stereocenters. The smallest absolute Gasteiger partial charge is 0.268 e. The van der Waals surface area contributed by atoms with Gasteiger partial charge in [0.15, 0.2) is 8.32 Å².